The summed E-state index contributed by atoms with van der Waals surface area (Å²) in [7, 11) is 1.75. The number of carbonyl (C=O) groups is 2. The van der Waals surface area contributed by atoms with Crippen molar-refractivity contribution in [3.05, 3.63) is 24.0 Å². The first-order valence-corrected chi connectivity index (χ1v) is 9.85. The smallest absolute Gasteiger partial charge is 0.410 e. The van der Waals surface area contributed by atoms with Crippen LogP contribution in [0.15, 0.2) is 18.2 Å². The fourth-order valence-electron chi connectivity index (χ4n) is 4.01. The first-order valence-electron chi connectivity index (χ1n) is 9.85. The summed E-state index contributed by atoms with van der Waals surface area (Å²) in [6, 6.07) is 5.58. The number of fused-ring (bicyclic) bond motifs is 1. The molecular weight excluding hydrogens is 358 g/mol. The maximum Gasteiger partial charge on any atom is 0.410 e. The number of ether oxygens (including phenoxy) is 1. The van der Waals surface area contributed by atoms with Crippen LogP contribution in [0.3, 0.4) is 0 Å². The van der Waals surface area contributed by atoms with Gasteiger partial charge in [-0.2, -0.15) is 0 Å². The number of nitrogens with zero attached hydrogens (tertiary/aromatic N) is 3. The van der Waals surface area contributed by atoms with E-state index in [0.717, 1.165) is 35.4 Å². The lowest BCUT2D eigenvalue weighted by atomic mass is 9.95. The van der Waals surface area contributed by atoms with Crippen LogP contribution in [0.5, 0.6) is 0 Å². The molecule has 2 aromatic rings. The van der Waals surface area contributed by atoms with E-state index < -0.39 is 5.60 Å². The van der Waals surface area contributed by atoms with E-state index in [1.54, 1.807) is 16.8 Å². The zero-order chi connectivity index (χ0) is 19.9. The minimum Gasteiger partial charge on any atom is -0.441 e. The van der Waals surface area contributed by atoms with E-state index >= 15 is 0 Å². The number of likely N-dealkylation sites (tertiary alicyclic amines) is 1. The molecule has 4 rings (SSSR count). The van der Waals surface area contributed by atoms with Gasteiger partial charge in [0.15, 0.2) is 0 Å². The zero-order valence-corrected chi connectivity index (χ0v) is 16.6. The minimum absolute atomic E-state index is 0.127. The van der Waals surface area contributed by atoms with Gasteiger partial charge in [-0.1, -0.05) is 13.8 Å². The molecule has 8 nitrogen and oxygen atoms in total. The summed E-state index contributed by atoms with van der Waals surface area (Å²) >= 11 is 0. The van der Waals surface area contributed by atoms with Crippen molar-refractivity contribution in [3.8, 4) is 0 Å². The third kappa shape index (κ3) is 3.50. The van der Waals surface area contributed by atoms with E-state index in [1.165, 1.54) is 0 Å². The fourth-order valence-corrected chi connectivity index (χ4v) is 4.01. The Bertz CT molecular complexity index is 908. The molecule has 3 amide bonds. The molecule has 0 radical (unpaired) electrons. The van der Waals surface area contributed by atoms with Gasteiger partial charge in [-0.3, -0.25) is 0 Å². The summed E-state index contributed by atoms with van der Waals surface area (Å²) in [6.07, 6.45) is 1.98. The molecule has 0 aliphatic carbocycles. The number of aromatic nitrogens is 2. The quantitative estimate of drug-likeness (QED) is 0.827. The van der Waals surface area contributed by atoms with Crippen molar-refractivity contribution >= 4 is 28.8 Å². The Labute approximate surface area is 164 Å². The number of carbonyl (C=O) groups excluding carboxylic acids is 2. The molecule has 150 valence electrons. The Morgan fingerprint density at radius 2 is 2.14 bits per heavy atom. The number of hydrogen-bond acceptors (Lipinski definition) is 4. The predicted octanol–water partition coefficient (Wildman–Crippen LogP) is 3.52. The molecule has 2 fully saturated rings. The number of urea groups is 1. The largest absolute Gasteiger partial charge is 0.441 e. The third-order valence-corrected chi connectivity index (χ3v) is 5.62. The van der Waals surface area contributed by atoms with Crippen LogP contribution < -0.4 is 5.32 Å². The SMILES string of the molecule is CC(C)c1nc2ccc(NC(=O)N3CCCC4(CC3)CN(C)C(=O)O4)cc2[nH]1. The Hall–Kier alpha value is -2.77. The van der Waals surface area contributed by atoms with E-state index in [4.69, 9.17) is 4.74 Å². The molecule has 1 atom stereocenters. The second-order valence-corrected chi connectivity index (χ2v) is 8.19. The van der Waals surface area contributed by atoms with Gasteiger partial charge in [0.25, 0.3) is 0 Å². The van der Waals surface area contributed by atoms with Crippen molar-refractivity contribution in [1.82, 2.24) is 19.8 Å². The van der Waals surface area contributed by atoms with Crippen molar-refractivity contribution in [2.75, 3.05) is 32.0 Å². The molecule has 2 saturated heterocycles. The highest BCUT2D eigenvalue weighted by molar-refractivity contribution is 5.92. The summed E-state index contributed by atoms with van der Waals surface area (Å²) in [4.78, 5) is 35.8. The second kappa shape index (κ2) is 7.00. The maximum atomic E-state index is 12.8. The van der Waals surface area contributed by atoms with Gasteiger partial charge in [0.1, 0.15) is 11.4 Å². The van der Waals surface area contributed by atoms with Crippen molar-refractivity contribution in [2.45, 2.75) is 44.6 Å². The summed E-state index contributed by atoms with van der Waals surface area (Å²) in [5.74, 6) is 1.26. The normalized spacial score (nSPS) is 22.8. The highest BCUT2D eigenvalue weighted by Gasteiger charge is 2.44. The van der Waals surface area contributed by atoms with E-state index in [2.05, 4.69) is 29.1 Å². The Morgan fingerprint density at radius 1 is 1.32 bits per heavy atom. The van der Waals surface area contributed by atoms with Crippen LogP contribution in [0, 0.1) is 0 Å². The summed E-state index contributed by atoms with van der Waals surface area (Å²) in [5.41, 5.74) is 2.09. The number of anilines is 1. The molecular formula is C20H27N5O3. The van der Waals surface area contributed by atoms with Gasteiger partial charge < -0.3 is 24.8 Å². The molecule has 2 N–H and O–H groups in total. The molecule has 3 heterocycles. The summed E-state index contributed by atoms with van der Waals surface area (Å²) in [6.45, 7) is 5.99. The monoisotopic (exact) mass is 385 g/mol. The first kappa shape index (κ1) is 18.6. The number of likely N-dealkylation sites (N-methyl/N-ethyl adjacent to an activating group) is 1. The summed E-state index contributed by atoms with van der Waals surface area (Å²) < 4.78 is 5.62. The molecule has 0 bridgehead atoms. The van der Waals surface area contributed by atoms with Gasteiger partial charge in [0.05, 0.1) is 17.6 Å². The van der Waals surface area contributed by atoms with Gasteiger partial charge in [-0.15, -0.1) is 0 Å². The fraction of sp³-hybridized carbons (Fsp3) is 0.550. The van der Waals surface area contributed by atoms with Crippen molar-refractivity contribution in [1.29, 1.82) is 0 Å². The van der Waals surface area contributed by atoms with Crippen LogP contribution in [0.2, 0.25) is 0 Å². The molecule has 2 aliphatic heterocycles. The number of benzene rings is 1. The molecule has 1 aromatic heterocycles. The summed E-state index contributed by atoms with van der Waals surface area (Å²) in [5, 5.41) is 2.99. The number of amides is 3. The number of hydrogen-bond donors (Lipinski definition) is 2. The van der Waals surface area contributed by atoms with Crippen molar-refractivity contribution < 1.29 is 14.3 Å². The molecule has 0 saturated carbocycles. The predicted molar refractivity (Wildman–Crippen MR) is 106 cm³/mol. The maximum absolute atomic E-state index is 12.8. The lowest BCUT2D eigenvalue weighted by Crippen LogP contribution is -2.38. The van der Waals surface area contributed by atoms with Gasteiger partial charge in [-0.05, 0) is 31.0 Å². The van der Waals surface area contributed by atoms with Crippen molar-refractivity contribution in [2.24, 2.45) is 0 Å². The van der Waals surface area contributed by atoms with Gasteiger partial charge in [0.2, 0.25) is 0 Å². The number of imidazole rings is 1. The number of nitrogens with one attached hydrogen (secondary N) is 2. The van der Waals surface area contributed by atoms with E-state index in [0.29, 0.717) is 32.0 Å². The van der Waals surface area contributed by atoms with Crippen molar-refractivity contribution in [3.63, 3.8) is 0 Å². The van der Waals surface area contributed by atoms with Crippen LogP contribution in [-0.2, 0) is 4.74 Å². The lowest BCUT2D eigenvalue weighted by molar-refractivity contribution is 0.0454. The van der Waals surface area contributed by atoms with E-state index in [-0.39, 0.29) is 12.1 Å². The molecule has 1 aromatic carbocycles. The Kier molecular flexibility index (Phi) is 4.64. The minimum atomic E-state index is -0.455. The van der Waals surface area contributed by atoms with E-state index in [9.17, 15) is 9.59 Å². The van der Waals surface area contributed by atoms with E-state index in [1.807, 2.05) is 18.2 Å². The van der Waals surface area contributed by atoms with Gasteiger partial charge in [0, 0.05) is 38.2 Å². The van der Waals surface area contributed by atoms with Gasteiger partial charge >= 0.3 is 12.1 Å². The molecule has 1 spiro atoms. The Balaban J connectivity index is 1.42. The average molecular weight is 385 g/mol. The highest BCUT2D eigenvalue weighted by atomic mass is 16.6. The zero-order valence-electron chi connectivity index (χ0n) is 16.6. The van der Waals surface area contributed by atoms with Gasteiger partial charge in [-0.25, -0.2) is 14.6 Å². The van der Waals surface area contributed by atoms with Crippen LogP contribution in [0.25, 0.3) is 11.0 Å². The van der Waals surface area contributed by atoms with Crippen LogP contribution in [-0.4, -0.2) is 64.2 Å². The topological polar surface area (TPSA) is 90.6 Å². The second-order valence-electron chi connectivity index (χ2n) is 8.19. The highest BCUT2D eigenvalue weighted by Crippen LogP contribution is 2.32. The third-order valence-electron chi connectivity index (χ3n) is 5.62. The molecule has 2 aliphatic rings. The number of aromatic amines is 1. The molecule has 1 unspecified atom stereocenters. The lowest BCUT2D eigenvalue weighted by Gasteiger charge is -2.25. The number of rotatable bonds is 2. The average Bonchev–Trinajstić information content (AvgIpc) is 3.11. The van der Waals surface area contributed by atoms with Crippen LogP contribution in [0.1, 0.15) is 44.9 Å². The number of H-pyrrole nitrogens is 1. The Morgan fingerprint density at radius 3 is 2.86 bits per heavy atom. The first-order chi connectivity index (χ1) is 13.3. The van der Waals surface area contributed by atoms with Crippen LogP contribution >= 0.6 is 0 Å². The van der Waals surface area contributed by atoms with Crippen LogP contribution in [0.4, 0.5) is 15.3 Å². The standard InChI is InChI=1S/C20H27N5O3/c1-13(2)17-22-15-6-5-14(11-16(15)23-17)21-18(26)25-9-4-7-20(8-10-25)12-24(3)19(27)28-20/h5-6,11,13H,4,7-10,12H2,1-3H3,(H,21,26)(H,22,23). The molecule has 28 heavy (non-hydrogen) atoms. The molecule has 8 heteroatoms.